The van der Waals surface area contributed by atoms with E-state index < -0.39 is 0 Å². The molecule has 5 nitrogen and oxygen atoms in total. The van der Waals surface area contributed by atoms with Crippen LogP contribution in [-0.4, -0.2) is 23.5 Å². The molecule has 98 valence electrons. The normalized spacial score (nSPS) is 18.4. The summed E-state index contributed by atoms with van der Waals surface area (Å²) in [6.45, 7) is 0.913. The Kier molecular flexibility index (Phi) is 3.29. The van der Waals surface area contributed by atoms with Gasteiger partial charge in [-0.1, -0.05) is 12.1 Å². The largest absolute Gasteiger partial charge is 0.444 e. The highest BCUT2D eigenvalue weighted by molar-refractivity contribution is 5.95. The van der Waals surface area contributed by atoms with E-state index in [-0.39, 0.29) is 11.9 Å². The molecule has 0 bridgehead atoms. The average Bonchev–Trinajstić information content (AvgIpc) is 3.13. The number of amides is 1. The first-order valence-electron chi connectivity index (χ1n) is 6.36. The maximum absolute atomic E-state index is 12.0. The van der Waals surface area contributed by atoms with E-state index in [9.17, 15) is 4.79 Å². The Hall–Kier alpha value is -2.14. The number of rotatable bonds is 3. The van der Waals surface area contributed by atoms with Gasteiger partial charge in [0.15, 0.2) is 12.2 Å². The van der Waals surface area contributed by atoms with Crippen molar-refractivity contribution >= 4 is 11.6 Å². The predicted molar refractivity (Wildman–Crippen MR) is 71.6 cm³/mol. The van der Waals surface area contributed by atoms with Crippen molar-refractivity contribution in [2.24, 2.45) is 0 Å². The maximum atomic E-state index is 12.0. The molecule has 2 N–H and O–H groups in total. The standard InChI is InChI=1S/C14H15N3O2/c18-14(12-5-2-6-16-12)17-11-4-1-3-10(7-11)13-8-15-9-19-13/h1,3-4,7-9,12,16H,2,5-6H2,(H,17,18). The molecule has 0 saturated carbocycles. The van der Waals surface area contributed by atoms with E-state index in [1.165, 1.54) is 6.39 Å². The topological polar surface area (TPSA) is 67.2 Å². The zero-order valence-corrected chi connectivity index (χ0v) is 10.4. The van der Waals surface area contributed by atoms with Crippen LogP contribution in [0.25, 0.3) is 11.3 Å². The van der Waals surface area contributed by atoms with E-state index in [1.54, 1.807) is 6.20 Å². The van der Waals surface area contributed by atoms with Crippen LogP contribution in [0.3, 0.4) is 0 Å². The Morgan fingerprint density at radius 1 is 1.47 bits per heavy atom. The molecule has 2 aromatic rings. The van der Waals surface area contributed by atoms with Gasteiger partial charge in [0.2, 0.25) is 5.91 Å². The molecule has 2 heterocycles. The number of aromatic nitrogens is 1. The summed E-state index contributed by atoms with van der Waals surface area (Å²) >= 11 is 0. The number of benzene rings is 1. The highest BCUT2D eigenvalue weighted by atomic mass is 16.3. The second-order valence-corrected chi connectivity index (χ2v) is 4.58. The Bertz CT molecular complexity index is 560. The van der Waals surface area contributed by atoms with Gasteiger partial charge in [0, 0.05) is 11.3 Å². The first kappa shape index (κ1) is 11.9. The van der Waals surface area contributed by atoms with Crippen molar-refractivity contribution in [1.29, 1.82) is 0 Å². The van der Waals surface area contributed by atoms with Crippen LogP contribution in [0.4, 0.5) is 5.69 Å². The molecule has 1 fully saturated rings. The van der Waals surface area contributed by atoms with Crippen molar-refractivity contribution in [3.05, 3.63) is 36.9 Å². The maximum Gasteiger partial charge on any atom is 0.241 e. The average molecular weight is 257 g/mol. The third-order valence-corrected chi connectivity index (χ3v) is 3.22. The third-order valence-electron chi connectivity index (χ3n) is 3.22. The summed E-state index contributed by atoms with van der Waals surface area (Å²) in [4.78, 5) is 15.9. The van der Waals surface area contributed by atoms with Crippen LogP contribution >= 0.6 is 0 Å². The van der Waals surface area contributed by atoms with Crippen molar-refractivity contribution < 1.29 is 9.21 Å². The van der Waals surface area contributed by atoms with Gasteiger partial charge in [-0.3, -0.25) is 4.79 Å². The fraction of sp³-hybridized carbons (Fsp3) is 0.286. The van der Waals surface area contributed by atoms with Crippen LogP contribution in [0.1, 0.15) is 12.8 Å². The molecule has 19 heavy (non-hydrogen) atoms. The van der Waals surface area contributed by atoms with Gasteiger partial charge < -0.3 is 15.1 Å². The Balaban J connectivity index is 1.74. The molecule has 1 saturated heterocycles. The van der Waals surface area contributed by atoms with Crippen molar-refractivity contribution in [1.82, 2.24) is 10.3 Å². The third kappa shape index (κ3) is 2.66. The van der Waals surface area contributed by atoms with Crippen LogP contribution < -0.4 is 10.6 Å². The quantitative estimate of drug-likeness (QED) is 0.883. The van der Waals surface area contributed by atoms with Crippen molar-refractivity contribution in [3.63, 3.8) is 0 Å². The van der Waals surface area contributed by atoms with Gasteiger partial charge in [0.25, 0.3) is 0 Å². The smallest absolute Gasteiger partial charge is 0.241 e. The minimum absolute atomic E-state index is 0.0206. The highest BCUT2D eigenvalue weighted by Gasteiger charge is 2.21. The Labute approximate surface area is 111 Å². The lowest BCUT2D eigenvalue weighted by Crippen LogP contribution is -2.35. The van der Waals surface area contributed by atoms with E-state index in [0.717, 1.165) is 30.6 Å². The molecule has 3 rings (SSSR count). The van der Waals surface area contributed by atoms with E-state index in [0.29, 0.717) is 5.76 Å². The van der Waals surface area contributed by atoms with Crippen LogP contribution in [0.15, 0.2) is 41.3 Å². The van der Waals surface area contributed by atoms with E-state index in [2.05, 4.69) is 15.6 Å². The van der Waals surface area contributed by atoms with Gasteiger partial charge in [0.1, 0.15) is 0 Å². The lowest BCUT2D eigenvalue weighted by molar-refractivity contribution is -0.117. The Morgan fingerprint density at radius 2 is 2.42 bits per heavy atom. The lowest BCUT2D eigenvalue weighted by Gasteiger charge is -2.11. The Morgan fingerprint density at radius 3 is 3.16 bits per heavy atom. The van der Waals surface area contributed by atoms with E-state index in [4.69, 9.17) is 4.42 Å². The summed E-state index contributed by atoms with van der Waals surface area (Å²) in [6.07, 6.45) is 4.99. The van der Waals surface area contributed by atoms with Crippen molar-refractivity contribution in [3.8, 4) is 11.3 Å². The van der Waals surface area contributed by atoms with Gasteiger partial charge in [-0.2, -0.15) is 0 Å². The summed E-state index contributed by atoms with van der Waals surface area (Å²) in [6, 6.07) is 7.48. The predicted octanol–water partition coefficient (Wildman–Crippen LogP) is 2.03. The van der Waals surface area contributed by atoms with Crippen molar-refractivity contribution in [2.75, 3.05) is 11.9 Å². The first-order chi connectivity index (χ1) is 9.33. The molecular weight excluding hydrogens is 242 g/mol. The van der Waals surface area contributed by atoms with Crippen LogP contribution in [0, 0.1) is 0 Å². The van der Waals surface area contributed by atoms with E-state index >= 15 is 0 Å². The molecule has 0 aliphatic carbocycles. The fourth-order valence-electron chi connectivity index (χ4n) is 2.25. The molecule has 0 spiro atoms. The molecule has 5 heteroatoms. The van der Waals surface area contributed by atoms with Gasteiger partial charge in [-0.05, 0) is 31.5 Å². The van der Waals surface area contributed by atoms with Gasteiger partial charge in [0.05, 0.1) is 12.2 Å². The molecule has 1 aromatic carbocycles. The van der Waals surface area contributed by atoms with Gasteiger partial charge >= 0.3 is 0 Å². The number of hydrogen-bond acceptors (Lipinski definition) is 4. The number of nitrogens with one attached hydrogen (secondary N) is 2. The molecule has 1 atom stereocenters. The number of anilines is 1. The second-order valence-electron chi connectivity index (χ2n) is 4.58. The molecule has 1 amide bonds. The molecular formula is C14H15N3O2. The number of carbonyl (C=O) groups is 1. The molecule has 1 unspecified atom stereocenters. The number of nitrogens with zero attached hydrogens (tertiary/aromatic N) is 1. The SMILES string of the molecule is O=C(Nc1cccc(-c2cnco2)c1)C1CCCN1. The minimum atomic E-state index is -0.0751. The second kappa shape index (κ2) is 5.24. The number of hydrogen-bond donors (Lipinski definition) is 2. The van der Waals surface area contributed by atoms with Gasteiger partial charge in [-0.15, -0.1) is 0 Å². The van der Waals surface area contributed by atoms with Crippen LogP contribution in [0.2, 0.25) is 0 Å². The van der Waals surface area contributed by atoms with Gasteiger partial charge in [-0.25, -0.2) is 4.98 Å². The highest BCUT2D eigenvalue weighted by Crippen LogP contribution is 2.22. The summed E-state index contributed by atoms with van der Waals surface area (Å²) in [5.74, 6) is 0.710. The van der Waals surface area contributed by atoms with Crippen molar-refractivity contribution in [2.45, 2.75) is 18.9 Å². The van der Waals surface area contributed by atoms with E-state index in [1.807, 2.05) is 24.3 Å². The molecule has 1 aliphatic heterocycles. The minimum Gasteiger partial charge on any atom is -0.444 e. The molecule has 1 aliphatic rings. The van der Waals surface area contributed by atoms with Crippen LogP contribution in [0.5, 0.6) is 0 Å². The molecule has 1 aromatic heterocycles. The monoisotopic (exact) mass is 257 g/mol. The summed E-state index contributed by atoms with van der Waals surface area (Å²) in [7, 11) is 0. The molecule has 0 radical (unpaired) electrons. The zero-order chi connectivity index (χ0) is 13.1. The zero-order valence-electron chi connectivity index (χ0n) is 10.4. The van der Waals surface area contributed by atoms with Crippen LogP contribution in [-0.2, 0) is 4.79 Å². The summed E-state index contributed by atoms with van der Waals surface area (Å²) < 4.78 is 5.24. The lowest BCUT2D eigenvalue weighted by atomic mass is 10.1. The fourth-order valence-corrected chi connectivity index (χ4v) is 2.25. The first-order valence-corrected chi connectivity index (χ1v) is 6.36. The summed E-state index contributed by atoms with van der Waals surface area (Å²) in [5, 5.41) is 6.10. The number of oxazole rings is 1. The summed E-state index contributed by atoms with van der Waals surface area (Å²) in [5.41, 5.74) is 1.67. The number of carbonyl (C=O) groups excluding carboxylic acids is 1.